The van der Waals surface area contributed by atoms with Gasteiger partial charge in [-0.05, 0) is 37.1 Å². The van der Waals surface area contributed by atoms with Gasteiger partial charge in [-0.25, -0.2) is 8.78 Å². The minimum atomic E-state index is -0.563. The maximum atomic E-state index is 13.7. The second kappa shape index (κ2) is 7.26. The molecule has 2 heterocycles. The van der Waals surface area contributed by atoms with E-state index in [0.29, 0.717) is 26.1 Å². The van der Waals surface area contributed by atoms with E-state index in [4.69, 9.17) is 5.73 Å². The molecule has 0 bridgehead atoms. The highest BCUT2D eigenvalue weighted by atomic mass is 19.1. The van der Waals surface area contributed by atoms with Crippen LogP contribution in [0.1, 0.15) is 23.6 Å². The maximum absolute atomic E-state index is 13.7. The first-order chi connectivity index (χ1) is 11.9. The van der Waals surface area contributed by atoms with Crippen LogP contribution in [0.3, 0.4) is 0 Å². The topological polar surface area (TPSA) is 77.0 Å². The minimum absolute atomic E-state index is 0.0827. The van der Waals surface area contributed by atoms with Gasteiger partial charge in [-0.3, -0.25) is 4.79 Å². The summed E-state index contributed by atoms with van der Waals surface area (Å²) >= 11 is 0. The Bertz CT molecular complexity index is 776. The molecule has 3 rings (SSSR count). The highest BCUT2D eigenvalue weighted by Gasteiger charge is 2.22. The highest BCUT2D eigenvalue weighted by molar-refractivity contribution is 5.76. The summed E-state index contributed by atoms with van der Waals surface area (Å²) in [5, 5.41) is 8.16. The first kappa shape index (κ1) is 17.5. The second-order valence-electron chi connectivity index (χ2n) is 6.35. The molecule has 6 nitrogen and oxygen atoms in total. The molecular weight excluding hydrogens is 328 g/mol. The van der Waals surface area contributed by atoms with Gasteiger partial charge in [0.2, 0.25) is 5.91 Å². The average Bonchev–Trinajstić information content (AvgIpc) is 2.79. The van der Waals surface area contributed by atoms with Crippen molar-refractivity contribution < 1.29 is 13.6 Å². The highest BCUT2D eigenvalue weighted by Crippen LogP contribution is 2.14. The normalized spacial score (nSPS) is 15.6. The van der Waals surface area contributed by atoms with Crippen molar-refractivity contribution in [2.45, 2.75) is 38.8 Å². The number of halogens is 2. The average molecular weight is 349 g/mol. The van der Waals surface area contributed by atoms with E-state index in [-0.39, 0.29) is 24.3 Å². The fourth-order valence-corrected chi connectivity index (χ4v) is 3.13. The molecule has 0 aliphatic carbocycles. The molecule has 1 amide bonds. The SMILES string of the molecule is Cc1nnc2n1CCN(C(=O)C[C@H](N)Cc1cc(F)ccc1F)CC2. The smallest absolute Gasteiger partial charge is 0.224 e. The Morgan fingerprint density at radius 2 is 2.08 bits per heavy atom. The van der Waals surface area contributed by atoms with Gasteiger partial charge in [0.1, 0.15) is 23.3 Å². The summed E-state index contributed by atoms with van der Waals surface area (Å²) in [7, 11) is 0. The van der Waals surface area contributed by atoms with E-state index in [1.54, 1.807) is 4.90 Å². The molecule has 0 saturated carbocycles. The monoisotopic (exact) mass is 349 g/mol. The van der Waals surface area contributed by atoms with Crippen LogP contribution >= 0.6 is 0 Å². The summed E-state index contributed by atoms with van der Waals surface area (Å²) in [5.41, 5.74) is 6.19. The van der Waals surface area contributed by atoms with Gasteiger partial charge in [0, 0.05) is 38.5 Å². The second-order valence-corrected chi connectivity index (χ2v) is 6.35. The molecule has 8 heteroatoms. The van der Waals surface area contributed by atoms with E-state index in [1.165, 1.54) is 0 Å². The zero-order valence-corrected chi connectivity index (χ0v) is 14.1. The largest absolute Gasteiger partial charge is 0.340 e. The molecule has 0 spiro atoms. The Hall–Kier alpha value is -2.35. The van der Waals surface area contributed by atoms with Crippen molar-refractivity contribution in [3.05, 3.63) is 47.0 Å². The number of nitrogens with zero attached hydrogens (tertiary/aromatic N) is 4. The van der Waals surface area contributed by atoms with Crippen LogP contribution in [0.15, 0.2) is 18.2 Å². The molecule has 25 heavy (non-hydrogen) atoms. The Balaban J connectivity index is 1.57. The summed E-state index contributed by atoms with van der Waals surface area (Å²) in [4.78, 5) is 14.2. The number of carbonyl (C=O) groups excluding carboxylic acids is 1. The first-order valence-corrected chi connectivity index (χ1v) is 8.30. The van der Waals surface area contributed by atoms with Crippen molar-refractivity contribution in [3.63, 3.8) is 0 Å². The molecule has 0 saturated heterocycles. The van der Waals surface area contributed by atoms with Crippen molar-refractivity contribution in [1.82, 2.24) is 19.7 Å². The maximum Gasteiger partial charge on any atom is 0.224 e. The number of fused-ring (bicyclic) bond motifs is 1. The van der Waals surface area contributed by atoms with Crippen molar-refractivity contribution in [3.8, 4) is 0 Å². The van der Waals surface area contributed by atoms with Gasteiger partial charge in [-0.15, -0.1) is 10.2 Å². The Morgan fingerprint density at radius 3 is 2.88 bits per heavy atom. The number of aryl methyl sites for hydroxylation is 1. The predicted molar refractivity (Wildman–Crippen MR) is 87.7 cm³/mol. The fourth-order valence-electron chi connectivity index (χ4n) is 3.13. The third-order valence-corrected chi connectivity index (χ3v) is 4.49. The molecule has 0 fully saturated rings. The minimum Gasteiger partial charge on any atom is -0.340 e. The molecule has 0 radical (unpaired) electrons. The van der Waals surface area contributed by atoms with Crippen LogP contribution in [-0.4, -0.2) is 44.7 Å². The lowest BCUT2D eigenvalue weighted by molar-refractivity contribution is -0.131. The number of hydrogen-bond acceptors (Lipinski definition) is 4. The summed E-state index contributed by atoms with van der Waals surface area (Å²) in [6.45, 7) is 3.65. The van der Waals surface area contributed by atoms with Crippen molar-refractivity contribution in [1.29, 1.82) is 0 Å². The number of rotatable bonds is 4. The fraction of sp³-hybridized carbons (Fsp3) is 0.471. The van der Waals surface area contributed by atoms with Gasteiger partial charge in [0.05, 0.1) is 0 Å². The van der Waals surface area contributed by atoms with Crippen LogP contribution in [0.5, 0.6) is 0 Å². The number of carbonyl (C=O) groups is 1. The molecule has 1 atom stereocenters. The van der Waals surface area contributed by atoms with Gasteiger partial charge >= 0.3 is 0 Å². The van der Waals surface area contributed by atoms with Crippen LogP contribution < -0.4 is 5.73 Å². The summed E-state index contributed by atoms with van der Waals surface area (Å²) in [5.74, 6) is 0.607. The van der Waals surface area contributed by atoms with Gasteiger partial charge < -0.3 is 15.2 Å². The number of nitrogens with two attached hydrogens (primary N) is 1. The van der Waals surface area contributed by atoms with Crippen LogP contribution in [0.25, 0.3) is 0 Å². The van der Waals surface area contributed by atoms with Crippen LogP contribution in [0.2, 0.25) is 0 Å². The van der Waals surface area contributed by atoms with Crippen molar-refractivity contribution >= 4 is 5.91 Å². The zero-order chi connectivity index (χ0) is 18.0. The van der Waals surface area contributed by atoms with Gasteiger partial charge in [0.15, 0.2) is 0 Å². The van der Waals surface area contributed by atoms with Crippen molar-refractivity contribution in [2.24, 2.45) is 5.73 Å². The number of aromatic nitrogens is 3. The van der Waals surface area contributed by atoms with Crippen LogP contribution in [0.4, 0.5) is 8.78 Å². The molecule has 1 aliphatic heterocycles. The molecule has 2 N–H and O–H groups in total. The number of amides is 1. The Kier molecular flexibility index (Phi) is 5.08. The molecule has 1 aromatic heterocycles. The first-order valence-electron chi connectivity index (χ1n) is 8.30. The van der Waals surface area contributed by atoms with E-state index >= 15 is 0 Å². The lowest BCUT2D eigenvalue weighted by atomic mass is 10.0. The Morgan fingerprint density at radius 1 is 1.28 bits per heavy atom. The quantitative estimate of drug-likeness (QED) is 0.900. The summed E-state index contributed by atoms with van der Waals surface area (Å²) in [6, 6.07) is 2.70. The molecule has 1 aliphatic rings. The van der Waals surface area contributed by atoms with Gasteiger partial charge in [-0.1, -0.05) is 0 Å². The predicted octanol–water partition coefficient (Wildman–Crippen LogP) is 1.21. The molecular formula is C17H21F2N5O. The molecule has 0 unspecified atom stereocenters. The zero-order valence-electron chi connectivity index (χ0n) is 14.1. The van der Waals surface area contributed by atoms with Crippen LogP contribution in [-0.2, 0) is 24.2 Å². The van der Waals surface area contributed by atoms with Crippen LogP contribution in [0, 0.1) is 18.6 Å². The molecule has 1 aromatic carbocycles. The van der Waals surface area contributed by atoms with Gasteiger partial charge in [-0.2, -0.15) is 0 Å². The lowest BCUT2D eigenvalue weighted by Crippen LogP contribution is -2.38. The van der Waals surface area contributed by atoms with E-state index in [0.717, 1.165) is 29.8 Å². The number of benzene rings is 1. The number of hydrogen-bond donors (Lipinski definition) is 1. The standard InChI is InChI=1S/C17H21F2N5O/c1-11-21-22-16-4-5-23(6-7-24(11)16)17(25)10-14(20)9-12-8-13(18)2-3-15(12)19/h2-3,8,14H,4-7,9-10,20H2,1H3/t14-/m1/s1. The third-order valence-electron chi connectivity index (χ3n) is 4.49. The summed E-state index contributed by atoms with van der Waals surface area (Å²) in [6.07, 6.45) is 0.851. The van der Waals surface area contributed by atoms with E-state index in [9.17, 15) is 13.6 Å². The molecule has 2 aromatic rings. The van der Waals surface area contributed by atoms with Crippen molar-refractivity contribution in [2.75, 3.05) is 13.1 Å². The van der Waals surface area contributed by atoms with E-state index in [1.807, 2.05) is 11.5 Å². The molecule has 134 valence electrons. The Labute approximate surface area is 144 Å². The van der Waals surface area contributed by atoms with E-state index in [2.05, 4.69) is 10.2 Å². The van der Waals surface area contributed by atoms with Gasteiger partial charge in [0.25, 0.3) is 0 Å². The summed E-state index contributed by atoms with van der Waals surface area (Å²) < 4.78 is 28.9. The third kappa shape index (κ3) is 4.01. The lowest BCUT2D eigenvalue weighted by Gasteiger charge is -2.22. The van der Waals surface area contributed by atoms with E-state index < -0.39 is 17.7 Å².